The smallest absolute Gasteiger partial charge is 0.360 e. The fourth-order valence-electron chi connectivity index (χ4n) is 2.04. The quantitative estimate of drug-likeness (QED) is 0.877. The molecule has 0 saturated heterocycles. The number of rotatable bonds is 3. The fraction of sp³-hybridized carbons (Fsp3) is 0.286. The second-order valence-electron chi connectivity index (χ2n) is 4.50. The lowest BCUT2D eigenvalue weighted by molar-refractivity contribution is 0.0596. The molecule has 2 rings (SSSR count). The first kappa shape index (κ1) is 15.7. The lowest BCUT2D eigenvalue weighted by Crippen LogP contribution is -2.08. The molecule has 0 radical (unpaired) electrons. The number of benzene rings is 1. The highest BCUT2D eigenvalue weighted by molar-refractivity contribution is 6.35. The number of hydrogen-bond donors (Lipinski definition) is 1. The maximum absolute atomic E-state index is 11.7. The molecule has 5 nitrogen and oxygen atoms in total. The molecule has 0 bridgehead atoms. The van der Waals surface area contributed by atoms with Crippen LogP contribution in [0, 0.1) is 6.92 Å². The van der Waals surface area contributed by atoms with Gasteiger partial charge in [-0.15, -0.1) is 0 Å². The van der Waals surface area contributed by atoms with Crippen LogP contribution in [0.1, 0.15) is 28.8 Å². The molecule has 1 aromatic carbocycles. The van der Waals surface area contributed by atoms with Crippen molar-refractivity contribution >= 4 is 35.0 Å². The van der Waals surface area contributed by atoms with Gasteiger partial charge < -0.3 is 10.5 Å². The number of imidazole rings is 1. The highest BCUT2D eigenvalue weighted by atomic mass is 35.5. The summed E-state index contributed by atoms with van der Waals surface area (Å²) in [7, 11) is 1.28. The zero-order valence-electron chi connectivity index (χ0n) is 11.9. The number of carbonyl (C=O) groups is 1. The SMILES string of the molecule is CCc1nc(C(=O)OC)c(N)n1-c1cc(Cl)c(C)cc1Cl. The summed E-state index contributed by atoms with van der Waals surface area (Å²) >= 11 is 12.4. The molecule has 112 valence electrons. The van der Waals surface area contributed by atoms with E-state index in [-0.39, 0.29) is 11.5 Å². The second kappa shape index (κ2) is 5.95. The number of nitrogens with two attached hydrogens (primary N) is 1. The van der Waals surface area contributed by atoms with Crippen molar-refractivity contribution in [3.63, 3.8) is 0 Å². The summed E-state index contributed by atoms with van der Waals surface area (Å²) in [6.07, 6.45) is 0.572. The molecule has 0 atom stereocenters. The maximum atomic E-state index is 11.7. The minimum Gasteiger partial charge on any atom is -0.464 e. The van der Waals surface area contributed by atoms with Gasteiger partial charge in [-0.2, -0.15) is 0 Å². The summed E-state index contributed by atoms with van der Waals surface area (Å²) in [5, 5.41) is 1.04. The number of nitrogens with zero attached hydrogens (tertiary/aromatic N) is 2. The Labute approximate surface area is 132 Å². The van der Waals surface area contributed by atoms with Crippen molar-refractivity contribution in [1.29, 1.82) is 0 Å². The molecule has 0 unspecified atom stereocenters. The molecule has 0 amide bonds. The third-order valence-electron chi connectivity index (χ3n) is 3.15. The van der Waals surface area contributed by atoms with Crippen LogP contribution < -0.4 is 5.73 Å². The third-order valence-corrected chi connectivity index (χ3v) is 3.86. The van der Waals surface area contributed by atoms with Crippen LogP contribution >= 0.6 is 23.2 Å². The summed E-state index contributed by atoms with van der Waals surface area (Å²) in [6, 6.07) is 3.45. The molecule has 0 saturated carbocycles. The standard InChI is InChI=1S/C14H15Cl2N3O2/c1-4-11-18-12(14(20)21-3)13(17)19(11)10-6-8(15)7(2)5-9(10)16/h5-6H,4,17H2,1-3H3. The summed E-state index contributed by atoms with van der Waals surface area (Å²) in [6.45, 7) is 3.76. The molecule has 1 heterocycles. The number of hydrogen-bond acceptors (Lipinski definition) is 4. The van der Waals surface area contributed by atoms with E-state index in [2.05, 4.69) is 9.72 Å². The average Bonchev–Trinajstić information content (AvgIpc) is 2.79. The van der Waals surface area contributed by atoms with Crippen LogP contribution in [0.2, 0.25) is 10.0 Å². The summed E-state index contributed by atoms with van der Waals surface area (Å²) < 4.78 is 6.31. The van der Waals surface area contributed by atoms with Crippen LogP contribution in [0.3, 0.4) is 0 Å². The van der Waals surface area contributed by atoms with Gasteiger partial charge in [-0.05, 0) is 24.6 Å². The molecule has 1 aromatic heterocycles. The number of halogens is 2. The van der Waals surface area contributed by atoms with E-state index < -0.39 is 5.97 Å². The Morgan fingerprint density at radius 1 is 1.38 bits per heavy atom. The van der Waals surface area contributed by atoms with Gasteiger partial charge in [-0.3, -0.25) is 4.57 Å². The first-order valence-corrected chi connectivity index (χ1v) is 7.07. The first-order valence-electron chi connectivity index (χ1n) is 6.32. The minimum atomic E-state index is -0.588. The number of anilines is 1. The molecular formula is C14H15Cl2N3O2. The normalized spacial score (nSPS) is 10.7. The Hall–Kier alpha value is -1.72. The highest BCUT2D eigenvalue weighted by Crippen LogP contribution is 2.31. The number of esters is 1. The Morgan fingerprint density at radius 2 is 2.05 bits per heavy atom. The van der Waals surface area contributed by atoms with Crippen LogP contribution in [-0.4, -0.2) is 22.6 Å². The molecule has 0 aliphatic carbocycles. The molecule has 0 aliphatic rings. The lowest BCUT2D eigenvalue weighted by Gasteiger charge is -2.12. The second-order valence-corrected chi connectivity index (χ2v) is 5.31. The van der Waals surface area contributed by atoms with E-state index >= 15 is 0 Å². The number of methoxy groups -OCH3 is 1. The van der Waals surface area contributed by atoms with Crippen molar-refractivity contribution in [3.8, 4) is 5.69 Å². The Bertz CT molecular complexity index is 711. The molecular weight excluding hydrogens is 313 g/mol. The molecule has 0 fully saturated rings. The molecule has 7 heteroatoms. The molecule has 0 spiro atoms. The van der Waals surface area contributed by atoms with Crippen LogP contribution in [0.5, 0.6) is 0 Å². The van der Waals surface area contributed by atoms with E-state index in [4.69, 9.17) is 28.9 Å². The predicted octanol–water partition coefficient (Wildman–Crippen LogP) is 3.42. The van der Waals surface area contributed by atoms with Crippen LogP contribution in [0.4, 0.5) is 5.82 Å². The zero-order chi connectivity index (χ0) is 15.7. The van der Waals surface area contributed by atoms with E-state index in [0.29, 0.717) is 28.0 Å². The van der Waals surface area contributed by atoms with E-state index in [9.17, 15) is 4.79 Å². The molecule has 2 aromatic rings. The van der Waals surface area contributed by atoms with E-state index in [1.807, 2.05) is 13.8 Å². The van der Waals surface area contributed by atoms with E-state index in [1.165, 1.54) is 7.11 Å². The topological polar surface area (TPSA) is 70.1 Å². The first-order chi connectivity index (χ1) is 9.90. The van der Waals surface area contributed by atoms with Gasteiger partial charge in [0.15, 0.2) is 5.69 Å². The number of carbonyl (C=O) groups excluding carboxylic acids is 1. The van der Waals surface area contributed by atoms with Gasteiger partial charge in [0, 0.05) is 11.4 Å². The summed E-state index contributed by atoms with van der Waals surface area (Å²) in [5.41, 5.74) is 7.56. The molecule has 0 aliphatic heterocycles. The molecule has 21 heavy (non-hydrogen) atoms. The van der Waals surface area contributed by atoms with Gasteiger partial charge in [-0.25, -0.2) is 9.78 Å². The van der Waals surface area contributed by atoms with Gasteiger partial charge in [0.2, 0.25) is 0 Å². The largest absolute Gasteiger partial charge is 0.464 e. The van der Waals surface area contributed by atoms with Gasteiger partial charge in [-0.1, -0.05) is 30.1 Å². The number of ether oxygens (including phenoxy) is 1. The van der Waals surface area contributed by atoms with Crippen molar-refractivity contribution in [2.45, 2.75) is 20.3 Å². The zero-order valence-corrected chi connectivity index (χ0v) is 13.4. The van der Waals surface area contributed by atoms with Gasteiger partial charge >= 0.3 is 5.97 Å². The minimum absolute atomic E-state index is 0.0714. The van der Waals surface area contributed by atoms with Crippen molar-refractivity contribution in [1.82, 2.24) is 9.55 Å². The monoisotopic (exact) mass is 327 g/mol. The summed E-state index contributed by atoms with van der Waals surface area (Å²) in [4.78, 5) is 15.9. The Kier molecular flexibility index (Phi) is 4.44. The van der Waals surface area contributed by atoms with Gasteiger partial charge in [0.05, 0.1) is 17.8 Å². The average molecular weight is 328 g/mol. The number of nitrogen functional groups attached to an aromatic ring is 1. The van der Waals surface area contributed by atoms with Crippen LogP contribution in [-0.2, 0) is 11.2 Å². The van der Waals surface area contributed by atoms with Gasteiger partial charge in [0.25, 0.3) is 0 Å². The van der Waals surface area contributed by atoms with Crippen molar-refractivity contribution in [3.05, 3.63) is 39.3 Å². The predicted molar refractivity (Wildman–Crippen MR) is 83.5 cm³/mol. The number of aromatic nitrogens is 2. The van der Waals surface area contributed by atoms with E-state index in [0.717, 1.165) is 5.56 Å². The van der Waals surface area contributed by atoms with Crippen LogP contribution in [0.25, 0.3) is 5.69 Å². The molecule has 2 N–H and O–H groups in total. The Morgan fingerprint density at radius 3 is 2.62 bits per heavy atom. The van der Waals surface area contributed by atoms with Gasteiger partial charge in [0.1, 0.15) is 11.6 Å². The maximum Gasteiger partial charge on any atom is 0.360 e. The third kappa shape index (κ3) is 2.71. The number of aryl methyl sites for hydroxylation is 2. The van der Waals surface area contributed by atoms with E-state index in [1.54, 1.807) is 16.7 Å². The van der Waals surface area contributed by atoms with Crippen molar-refractivity contribution < 1.29 is 9.53 Å². The highest BCUT2D eigenvalue weighted by Gasteiger charge is 2.22. The summed E-state index contributed by atoms with van der Waals surface area (Å²) in [5.74, 6) is 0.200. The van der Waals surface area contributed by atoms with Crippen molar-refractivity contribution in [2.75, 3.05) is 12.8 Å². The van der Waals surface area contributed by atoms with Crippen LogP contribution in [0.15, 0.2) is 12.1 Å². The lowest BCUT2D eigenvalue weighted by atomic mass is 10.2. The Balaban J connectivity index is 2.72. The fourth-order valence-corrected chi connectivity index (χ4v) is 2.50. The van der Waals surface area contributed by atoms with Crippen molar-refractivity contribution in [2.24, 2.45) is 0 Å².